The number of hydrogen-bond acceptors (Lipinski definition) is 5. The minimum Gasteiger partial charge on any atom is -0.423 e. The van der Waals surface area contributed by atoms with E-state index in [1.165, 1.54) is 6.07 Å². The molecule has 1 aromatic heterocycles. The van der Waals surface area contributed by atoms with Crippen LogP contribution in [0.15, 0.2) is 45.6 Å². The first-order chi connectivity index (χ1) is 14.8. The maximum absolute atomic E-state index is 13.0. The molecule has 1 aliphatic heterocycles. The number of anilines is 2. The number of ether oxygens (including phenoxy) is 1. The third-order valence-corrected chi connectivity index (χ3v) is 5.60. The molecule has 0 bridgehead atoms. The SMILES string of the molecule is Cc1cc2oc(=O)cc(C)c2cc1NC(=O)c1cccc(NC(=O)C2CCCO2)c1C. The molecule has 160 valence electrons. The lowest BCUT2D eigenvalue weighted by molar-refractivity contribution is -0.124. The summed E-state index contributed by atoms with van der Waals surface area (Å²) in [4.78, 5) is 37.0. The molecule has 3 aromatic rings. The van der Waals surface area contributed by atoms with Gasteiger partial charge in [-0.25, -0.2) is 4.79 Å². The highest BCUT2D eigenvalue weighted by atomic mass is 16.5. The summed E-state index contributed by atoms with van der Waals surface area (Å²) in [5.41, 5.74) is 3.97. The van der Waals surface area contributed by atoms with E-state index in [0.717, 1.165) is 22.9 Å². The standard InChI is InChI=1S/C24H24N2O5/c1-13-11-22(27)31-21-10-14(2)19(12-17(13)21)26-23(28)16-6-4-7-18(15(16)3)25-24(29)20-8-5-9-30-20/h4,6-7,10-12,20H,5,8-9H2,1-3H3,(H,25,29)(H,26,28). The van der Waals surface area contributed by atoms with Gasteiger partial charge in [-0.05, 0) is 74.6 Å². The van der Waals surface area contributed by atoms with Crippen LogP contribution in [-0.4, -0.2) is 24.5 Å². The predicted molar refractivity (Wildman–Crippen MR) is 119 cm³/mol. The largest absolute Gasteiger partial charge is 0.423 e. The highest BCUT2D eigenvalue weighted by Crippen LogP contribution is 2.27. The summed E-state index contributed by atoms with van der Waals surface area (Å²) in [5, 5.41) is 6.57. The van der Waals surface area contributed by atoms with Crippen molar-refractivity contribution in [2.24, 2.45) is 0 Å². The summed E-state index contributed by atoms with van der Waals surface area (Å²) < 4.78 is 10.7. The molecule has 1 saturated heterocycles. The Bertz CT molecular complexity index is 1240. The van der Waals surface area contributed by atoms with E-state index in [-0.39, 0.29) is 11.8 Å². The van der Waals surface area contributed by atoms with E-state index < -0.39 is 11.7 Å². The molecular formula is C24H24N2O5. The van der Waals surface area contributed by atoms with Crippen LogP contribution in [0.5, 0.6) is 0 Å². The lowest BCUT2D eigenvalue weighted by Gasteiger charge is -2.16. The number of benzene rings is 2. The molecule has 31 heavy (non-hydrogen) atoms. The van der Waals surface area contributed by atoms with Crippen LogP contribution >= 0.6 is 0 Å². The van der Waals surface area contributed by atoms with Gasteiger partial charge in [0.1, 0.15) is 11.7 Å². The van der Waals surface area contributed by atoms with Crippen LogP contribution in [0, 0.1) is 20.8 Å². The van der Waals surface area contributed by atoms with Crippen LogP contribution < -0.4 is 16.3 Å². The lowest BCUT2D eigenvalue weighted by atomic mass is 10.0. The Hall–Kier alpha value is -3.45. The van der Waals surface area contributed by atoms with Gasteiger partial charge in [0, 0.05) is 35.0 Å². The molecule has 0 saturated carbocycles. The van der Waals surface area contributed by atoms with E-state index in [2.05, 4.69) is 10.6 Å². The van der Waals surface area contributed by atoms with Gasteiger partial charge >= 0.3 is 5.63 Å². The highest BCUT2D eigenvalue weighted by molar-refractivity contribution is 6.08. The molecule has 0 aliphatic carbocycles. The van der Waals surface area contributed by atoms with Gasteiger partial charge in [-0.3, -0.25) is 9.59 Å². The Labute approximate surface area is 179 Å². The van der Waals surface area contributed by atoms with Crippen molar-refractivity contribution >= 4 is 34.2 Å². The summed E-state index contributed by atoms with van der Waals surface area (Å²) in [5.74, 6) is -0.483. The molecular weight excluding hydrogens is 396 g/mol. The molecule has 2 heterocycles. The van der Waals surface area contributed by atoms with Gasteiger partial charge in [0.05, 0.1) is 0 Å². The summed E-state index contributed by atoms with van der Waals surface area (Å²) in [6.45, 7) is 6.05. The first-order valence-electron chi connectivity index (χ1n) is 10.2. The van der Waals surface area contributed by atoms with Crippen LogP contribution in [-0.2, 0) is 9.53 Å². The molecule has 1 atom stereocenters. The number of aryl methyl sites for hydroxylation is 2. The number of carbonyl (C=O) groups is 2. The number of hydrogen-bond donors (Lipinski definition) is 2. The van der Waals surface area contributed by atoms with E-state index in [1.54, 1.807) is 37.3 Å². The molecule has 4 rings (SSSR count). The molecule has 2 amide bonds. The monoisotopic (exact) mass is 420 g/mol. The van der Waals surface area contributed by atoms with Gasteiger partial charge < -0.3 is 19.8 Å². The second-order valence-corrected chi connectivity index (χ2v) is 7.83. The van der Waals surface area contributed by atoms with Crippen molar-refractivity contribution in [2.45, 2.75) is 39.7 Å². The molecule has 1 aliphatic rings. The molecule has 7 nitrogen and oxygen atoms in total. The maximum Gasteiger partial charge on any atom is 0.336 e. The minimum atomic E-state index is -0.444. The Morgan fingerprint density at radius 3 is 2.55 bits per heavy atom. The van der Waals surface area contributed by atoms with Crippen molar-refractivity contribution in [3.63, 3.8) is 0 Å². The third-order valence-electron chi connectivity index (χ3n) is 5.60. The summed E-state index contributed by atoms with van der Waals surface area (Å²) in [6.07, 6.45) is 1.12. The van der Waals surface area contributed by atoms with E-state index in [1.807, 2.05) is 13.8 Å². The fourth-order valence-corrected chi connectivity index (χ4v) is 3.81. The van der Waals surface area contributed by atoms with Crippen LogP contribution in [0.4, 0.5) is 11.4 Å². The first-order valence-corrected chi connectivity index (χ1v) is 10.2. The van der Waals surface area contributed by atoms with Crippen molar-refractivity contribution in [1.82, 2.24) is 0 Å². The third kappa shape index (κ3) is 4.22. The van der Waals surface area contributed by atoms with Gasteiger partial charge in [0.2, 0.25) is 0 Å². The molecule has 1 fully saturated rings. The van der Waals surface area contributed by atoms with Crippen LogP contribution in [0.3, 0.4) is 0 Å². The number of amides is 2. The van der Waals surface area contributed by atoms with Crippen molar-refractivity contribution < 1.29 is 18.7 Å². The Balaban J connectivity index is 1.59. The van der Waals surface area contributed by atoms with Gasteiger partial charge in [-0.2, -0.15) is 0 Å². The van der Waals surface area contributed by atoms with Crippen molar-refractivity contribution in [1.29, 1.82) is 0 Å². The summed E-state index contributed by atoms with van der Waals surface area (Å²) >= 11 is 0. The number of carbonyl (C=O) groups excluding carboxylic acids is 2. The quantitative estimate of drug-likeness (QED) is 0.620. The Kier molecular flexibility index (Phi) is 5.61. The summed E-state index contributed by atoms with van der Waals surface area (Å²) in [6, 6.07) is 10.2. The molecule has 7 heteroatoms. The van der Waals surface area contributed by atoms with Gasteiger partial charge in [0.15, 0.2) is 0 Å². The average molecular weight is 420 g/mol. The highest BCUT2D eigenvalue weighted by Gasteiger charge is 2.24. The molecule has 2 N–H and O–H groups in total. The number of fused-ring (bicyclic) bond motifs is 1. The van der Waals surface area contributed by atoms with Crippen LogP contribution in [0.1, 0.15) is 39.9 Å². The average Bonchev–Trinajstić information content (AvgIpc) is 3.25. The van der Waals surface area contributed by atoms with Crippen molar-refractivity contribution in [3.8, 4) is 0 Å². The van der Waals surface area contributed by atoms with Crippen molar-refractivity contribution in [3.05, 3.63) is 69.1 Å². The van der Waals surface area contributed by atoms with E-state index in [0.29, 0.717) is 41.1 Å². The molecule has 0 spiro atoms. The maximum atomic E-state index is 13.0. The van der Waals surface area contributed by atoms with Gasteiger partial charge in [-0.15, -0.1) is 0 Å². The van der Waals surface area contributed by atoms with E-state index >= 15 is 0 Å². The van der Waals surface area contributed by atoms with Gasteiger partial charge in [-0.1, -0.05) is 6.07 Å². The first kappa shape index (κ1) is 20.8. The zero-order chi connectivity index (χ0) is 22.1. The van der Waals surface area contributed by atoms with Crippen LogP contribution in [0.25, 0.3) is 11.0 Å². The van der Waals surface area contributed by atoms with Gasteiger partial charge in [0.25, 0.3) is 11.8 Å². The zero-order valence-corrected chi connectivity index (χ0v) is 17.7. The molecule has 2 aromatic carbocycles. The normalized spacial score (nSPS) is 15.8. The smallest absolute Gasteiger partial charge is 0.336 e. The van der Waals surface area contributed by atoms with E-state index in [9.17, 15) is 14.4 Å². The number of nitrogens with one attached hydrogen (secondary N) is 2. The van der Waals surface area contributed by atoms with Crippen molar-refractivity contribution in [2.75, 3.05) is 17.2 Å². The van der Waals surface area contributed by atoms with Crippen LogP contribution in [0.2, 0.25) is 0 Å². The second kappa shape index (κ2) is 8.35. The zero-order valence-electron chi connectivity index (χ0n) is 17.7. The minimum absolute atomic E-state index is 0.194. The van der Waals surface area contributed by atoms with E-state index in [4.69, 9.17) is 9.15 Å². The lowest BCUT2D eigenvalue weighted by Crippen LogP contribution is -2.27. The summed E-state index contributed by atoms with van der Waals surface area (Å²) in [7, 11) is 0. The fraction of sp³-hybridized carbons (Fsp3) is 0.292. The topological polar surface area (TPSA) is 97.6 Å². The second-order valence-electron chi connectivity index (χ2n) is 7.83. The Morgan fingerprint density at radius 1 is 1.00 bits per heavy atom. The number of rotatable bonds is 4. The molecule has 1 unspecified atom stereocenters. The Morgan fingerprint density at radius 2 is 1.81 bits per heavy atom. The molecule has 0 radical (unpaired) electrons. The predicted octanol–water partition coefficient (Wildman–Crippen LogP) is 4.09. The fourth-order valence-electron chi connectivity index (χ4n) is 3.81.